The van der Waals surface area contributed by atoms with E-state index in [2.05, 4.69) is 22.2 Å². The van der Waals surface area contributed by atoms with Crippen LogP contribution in [0.1, 0.15) is 6.42 Å². The number of rotatable bonds is 1. The Balaban J connectivity index is 2.21. The molecule has 0 bridgehead atoms. The summed E-state index contributed by atoms with van der Waals surface area (Å²) in [6.45, 7) is 0.932. The van der Waals surface area contributed by atoms with Crippen molar-refractivity contribution in [1.29, 1.82) is 0 Å². The molecule has 0 saturated carbocycles. The van der Waals surface area contributed by atoms with Crippen LogP contribution in [0.25, 0.3) is 10.8 Å². The Bertz CT molecular complexity index is 514. The summed E-state index contributed by atoms with van der Waals surface area (Å²) in [5.74, 6) is 0.960. The second kappa shape index (κ2) is 3.35. The quantitative estimate of drug-likeness (QED) is 0.702. The lowest BCUT2D eigenvalue weighted by Gasteiger charge is -2.14. The molecule has 1 aliphatic rings. The van der Waals surface area contributed by atoms with Crippen LogP contribution in [0.2, 0.25) is 0 Å². The molecular weight excluding hydrogens is 186 g/mol. The zero-order valence-corrected chi connectivity index (χ0v) is 8.30. The summed E-state index contributed by atoms with van der Waals surface area (Å²) in [7, 11) is 0. The first-order valence-corrected chi connectivity index (χ1v) is 5.09. The van der Waals surface area contributed by atoms with Crippen molar-refractivity contribution in [2.75, 3.05) is 11.6 Å². The molecule has 0 fully saturated rings. The first-order valence-electron chi connectivity index (χ1n) is 5.09. The van der Waals surface area contributed by atoms with E-state index in [-0.39, 0.29) is 0 Å². The van der Waals surface area contributed by atoms with E-state index in [0.29, 0.717) is 0 Å². The number of hydrazone groups is 1. The normalized spacial score (nSPS) is 15.1. The molecule has 1 aromatic carbocycles. The van der Waals surface area contributed by atoms with Crippen LogP contribution in [0, 0.1) is 0 Å². The summed E-state index contributed by atoms with van der Waals surface area (Å²) in [6.07, 6.45) is 4.78. The molecule has 0 saturated heterocycles. The smallest absolute Gasteiger partial charge is 0.156 e. The second-order valence-corrected chi connectivity index (χ2v) is 3.57. The van der Waals surface area contributed by atoms with Crippen molar-refractivity contribution in [3.8, 4) is 0 Å². The first-order chi connectivity index (χ1) is 7.45. The van der Waals surface area contributed by atoms with Gasteiger partial charge in [-0.05, 0) is 11.5 Å². The maximum atomic E-state index is 4.40. The molecule has 3 rings (SSSR count). The van der Waals surface area contributed by atoms with E-state index in [4.69, 9.17) is 0 Å². The Morgan fingerprint density at radius 3 is 2.93 bits per heavy atom. The van der Waals surface area contributed by atoms with Crippen molar-refractivity contribution in [3.05, 3.63) is 36.5 Å². The Morgan fingerprint density at radius 2 is 2.07 bits per heavy atom. The van der Waals surface area contributed by atoms with Gasteiger partial charge < -0.3 is 0 Å². The lowest BCUT2D eigenvalue weighted by molar-refractivity contribution is 0.903. The fraction of sp³-hybridized carbons (Fsp3) is 0.167. The summed E-state index contributed by atoms with van der Waals surface area (Å²) >= 11 is 0. The summed E-state index contributed by atoms with van der Waals surface area (Å²) in [6, 6.07) is 10.3. The van der Waals surface area contributed by atoms with Gasteiger partial charge in [0.15, 0.2) is 5.82 Å². The average molecular weight is 197 g/mol. The Morgan fingerprint density at radius 1 is 1.13 bits per heavy atom. The summed E-state index contributed by atoms with van der Waals surface area (Å²) in [4.78, 5) is 4.40. The molecule has 2 heterocycles. The minimum Gasteiger partial charge on any atom is -0.247 e. The molecular formula is C12H11N3. The maximum absolute atomic E-state index is 4.40. The van der Waals surface area contributed by atoms with Crippen molar-refractivity contribution >= 4 is 22.8 Å². The number of nitrogens with zero attached hydrogens (tertiary/aromatic N) is 3. The Kier molecular flexibility index (Phi) is 1.88. The van der Waals surface area contributed by atoms with E-state index in [1.165, 1.54) is 10.8 Å². The first kappa shape index (κ1) is 8.41. The van der Waals surface area contributed by atoms with Crippen LogP contribution in [0.15, 0.2) is 41.6 Å². The van der Waals surface area contributed by atoms with Crippen LogP contribution in [0.5, 0.6) is 0 Å². The van der Waals surface area contributed by atoms with E-state index in [1.54, 1.807) is 0 Å². The fourth-order valence-corrected chi connectivity index (χ4v) is 1.86. The standard InChI is InChI=1S/C12H11N3/c1-2-5-11-10(4-1)6-8-13-12(11)15-9-3-7-14-15/h1-2,4-8H,3,9H2. The van der Waals surface area contributed by atoms with Gasteiger partial charge in [-0.1, -0.05) is 24.3 Å². The third kappa shape index (κ3) is 1.36. The number of hydrogen-bond acceptors (Lipinski definition) is 3. The number of fused-ring (bicyclic) bond motifs is 1. The highest BCUT2D eigenvalue weighted by atomic mass is 15.5. The highest BCUT2D eigenvalue weighted by Crippen LogP contribution is 2.25. The van der Waals surface area contributed by atoms with Crippen molar-refractivity contribution in [2.45, 2.75) is 6.42 Å². The van der Waals surface area contributed by atoms with Gasteiger partial charge in [-0.2, -0.15) is 5.10 Å². The van der Waals surface area contributed by atoms with Crippen LogP contribution in [-0.4, -0.2) is 17.7 Å². The molecule has 0 N–H and O–H groups in total. The van der Waals surface area contributed by atoms with Crippen molar-refractivity contribution in [2.24, 2.45) is 5.10 Å². The number of hydrogen-bond donors (Lipinski definition) is 0. The molecule has 1 aliphatic heterocycles. The molecule has 0 unspecified atom stereocenters. The molecule has 2 aromatic rings. The summed E-state index contributed by atoms with van der Waals surface area (Å²) in [5.41, 5.74) is 0. The van der Waals surface area contributed by atoms with Crippen LogP contribution < -0.4 is 5.01 Å². The van der Waals surface area contributed by atoms with Crippen molar-refractivity contribution in [1.82, 2.24) is 4.98 Å². The SMILES string of the molecule is C1=NN(c2nccc3ccccc23)CC1. The van der Waals surface area contributed by atoms with Crippen molar-refractivity contribution < 1.29 is 0 Å². The van der Waals surface area contributed by atoms with Crippen molar-refractivity contribution in [3.63, 3.8) is 0 Å². The molecule has 15 heavy (non-hydrogen) atoms. The highest BCUT2D eigenvalue weighted by Gasteiger charge is 2.12. The largest absolute Gasteiger partial charge is 0.247 e. The second-order valence-electron chi connectivity index (χ2n) is 3.57. The lowest BCUT2D eigenvalue weighted by Crippen LogP contribution is -2.13. The minimum absolute atomic E-state index is 0.932. The third-order valence-corrected chi connectivity index (χ3v) is 2.59. The molecule has 3 heteroatoms. The Hall–Kier alpha value is -1.90. The molecule has 0 amide bonds. The van der Waals surface area contributed by atoms with E-state index < -0.39 is 0 Å². The van der Waals surface area contributed by atoms with Crippen LogP contribution in [0.4, 0.5) is 5.82 Å². The molecule has 0 spiro atoms. The summed E-state index contributed by atoms with van der Waals surface area (Å²) in [5, 5.41) is 8.64. The summed E-state index contributed by atoms with van der Waals surface area (Å²) < 4.78 is 0. The molecule has 0 atom stereocenters. The van der Waals surface area contributed by atoms with E-state index in [1.807, 2.05) is 35.6 Å². The Labute approximate surface area is 88.0 Å². The topological polar surface area (TPSA) is 28.5 Å². The van der Waals surface area contributed by atoms with Gasteiger partial charge in [0.2, 0.25) is 0 Å². The monoisotopic (exact) mass is 197 g/mol. The zero-order valence-electron chi connectivity index (χ0n) is 8.30. The fourth-order valence-electron chi connectivity index (χ4n) is 1.86. The molecule has 0 aliphatic carbocycles. The molecule has 1 aromatic heterocycles. The van der Waals surface area contributed by atoms with Gasteiger partial charge in [0.05, 0.1) is 0 Å². The lowest BCUT2D eigenvalue weighted by atomic mass is 10.1. The van der Waals surface area contributed by atoms with Gasteiger partial charge in [-0.25, -0.2) is 9.99 Å². The maximum Gasteiger partial charge on any atom is 0.156 e. The van der Waals surface area contributed by atoms with Gasteiger partial charge in [-0.15, -0.1) is 0 Å². The zero-order chi connectivity index (χ0) is 10.1. The predicted octanol–water partition coefficient (Wildman–Crippen LogP) is 2.43. The van der Waals surface area contributed by atoms with Crippen LogP contribution in [0.3, 0.4) is 0 Å². The molecule has 74 valence electrons. The minimum atomic E-state index is 0.932. The number of benzene rings is 1. The predicted molar refractivity (Wildman–Crippen MR) is 62.2 cm³/mol. The van der Waals surface area contributed by atoms with Gasteiger partial charge in [0.25, 0.3) is 0 Å². The third-order valence-electron chi connectivity index (χ3n) is 2.59. The van der Waals surface area contributed by atoms with Crippen LogP contribution >= 0.6 is 0 Å². The van der Waals surface area contributed by atoms with E-state index in [0.717, 1.165) is 18.8 Å². The highest BCUT2D eigenvalue weighted by molar-refractivity contribution is 5.92. The molecule has 3 nitrogen and oxygen atoms in total. The number of anilines is 1. The van der Waals surface area contributed by atoms with Crippen LogP contribution in [-0.2, 0) is 0 Å². The average Bonchev–Trinajstić information content (AvgIpc) is 2.82. The van der Waals surface area contributed by atoms with Gasteiger partial charge >= 0.3 is 0 Å². The van der Waals surface area contributed by atoms with Gasteiger partial charge in [-0.3, -0.25) is 0 Å². The van der Waals surface area contributed by atoms with E-state index >= 15 is 0 Å². The van der Waals surface area contributed by atoms with Gasteiger partial charge in [0, 0.05) is 30.8 Å². The number of pyridine rings is 1. The van der Waals surface area contributed by atoms with E-state index in [9.17, 15) is 0 Å². The van der Waals surface area contributed by atoms with Gasteiger partial charge in [0.1, 0.15) is 0 Å². The number of aromatic nitrogens is 1. The molecule has 0 radical (unpaired) electrons.